The van der Waals surface area contributed by atoms with Crippen LogP contribution in [0, 0.1) is 5.82 Å². The van der Waals surface area contributed by atoms with Crippen LogP contribution in [-0.2, 0) is 11.3 Å². The van der Waals surface area contributed by atoms with E-state index in [1.165, 1.54) is 23.0 Å². The van der Waals surface area contributed by atoms with Crippen molar-refractivity contribution < 1.29 is 9.18 Å². The number of carbonyl (C=O) groups is 1. The summed E-state index contributed by atoms with van der Waals surface area (Å²) in [6.45, 7) is 0.226. The van der Waals surface area contributed by atoms with Crippen LogP contribution in [0.25, 0.3) is 33.3 Å². The minimum Gasteiger partial charge on any atom is -0.338 e. The number of hydrogen-bond acceptors (Lipinski definition) is 4. The van der Waals surface area contributed by atoms with Gasteiger partial charge in [-0.15, -0.1) is 0 Å². The molecule has 0 unspecified atom stereocenters. The molecule has 0 fully saturated rings. The van der Waals surface area contributed by atoms with Gasteiger partial charge in [-0.2, -0.15) is 0 Å². The molecule has 0 saturated heterocycles. The molecular formula is C24H18FN5O2. The molecule has 3 aromatic carbocycles. The Labute approximate surface area is 181 Å². The van der Waals surface area contributed by atoms with Gasteiger partial charge in [-0.3, -0.25) is 14.2 Å². The van der Waals surface area contributed by atoms with Crippen molar-refractivity contribution in [1.82, 2.24) is 19.5 Å². The number of aromatic nitrogens is 4. The van der Waals surface area contributed by atoms with Gasteiger partial charge in [0.25, 0.3) is 5.56 Å². The Hall–Kier alpha value is -4.33. The number of fused-ring (bicyclic) bond motifs is 2. The number of halogens is 1. The van der Waals surface area contributed by atoms with E-state index in [2.05, 4.69) is 20.3 Å². The number of nitrogens with one attached hydrogen (secondary N) is 2. The van der Waals surface area contributed by atoms with Gasteiger partial charge in [0.2, 0.25) is 5.91 Å². The van der Waals surface area contributed by atoms with Crippen LogP contribution >= 0.6 is 0 Å². The van der Waals surface area contributed by atoms with Crippen molar-refractivity contribution in [3.8, 4) is 11.4 Å². The highest BCUT2D eigenvalue weighted by Gasteiger charge is 2.09. The van der Waals surface area contributed by atoms with Crippen LogP contribution < -0.4 is 10.9 Å². The molecule has 2 aromatic heterocycles. The van der Waals surface area contributed by atoms with Crippen molar-refractivity contribution in [2.45, 2.75) is 13.0 Å². The summed E-state index contributed by atoms with van der Waals surface area (Å²) in [7, 11) is 0. The highest BCUT2D eigenvalue weighted by Crippen LogP contribution is 2.23. The van der Waals surface area contributed by atoms with Gasteiger partial charge in [0.15, 0.2) is 0 Å². The van der Waals surface area contributed by atoms with Gasteiger partial charge >= 0.3 is 0 Å². The number of rotatable bonds is 5. The van der Waals surface area contributed by atoms with Gasteiger partial charge in [-0.05, 0) is 54.6 Å². The lowest BCUT2D eigenvalue weighted by Crippen LogP contribution is -2.23. The molecule has 7 nitrogen and oxygen atoms in total. The zero-order chi connectivity index (χ0) is 22.1. The molecule has 2 heterocycles. The van der Waals surface area contributed by atoms with Crippen LogP contribution in [0.15, 0.2) is 77.9 Å². The lowest BCUT2D eigenvalue weighted by Gasteiger charge is -2.08. The number of H-pyrrole nitrogens is 1. The number of nitrogens with zero attached hydrogens (tertiary/aromatic N) is 3. The first kappa shape index (κ1) is 19.6. The van der Waals surface area contributed by atoms with E-state index in [1.54, 1.807) is 48.5 Å². The average molecular weight is 427 g/mol. The van der Waals surface area contributed by atoms with Crippen LogP contribution in [0.1, 0.15) is 6.42 Å². The summed E-state index contributed by atoms with van der Waals surface area (Å²) in [6.07, 6.45) is 1.59. The van der Waals surface area contributed by atoms with Crippen molar-refractivity contribution in [1.29, 1.82) is 0 Å². The molecule has 1 amide bonds. The molecule has 5 rings (SSSR count). The maximum Gasteiger partial charge on any atom is 0.261 e. The Balaban J connectivity index is 1.29. The summed E-state index contributed by atoms with van der Waals surface area (Å²) in [5.41, 5.74) is 3.32. The second-order valence-corrected chi connectivity index (χ2v) is 7.38. The first-order chi connectivity index (χ1) is 15.6. The topological polar surface area (TPSA) is 92.7 Å². The first-order valence-corrected chi connectivity index (χ1v) is 10.1. The fourth-order valence-corrected chi connectivity index (χ4v) is 3.54. The standard InChI is InChI=1S/C24H18FN5O2/c25-16-7-5-15(6-8-16)23-28-20-10-9-17(13-21(20)29-23)27-22(31)11-12-30-14-26-19-4-2-1-3-18(19)24(30)32/h1-10,13-14H,11-12H2,(H,27,31)(H,28,29). The molecule has 158 valence electrons. The fourth-order valence-electron chi connectivity index (χ4n) is 3.54. The number of aromatic amines is 1. The molecule has 0 aliphatic carbocycles. The van der Waals surface area contributed by atoms with Crippen LogP contribution in [0.3, 0.4) is 0 Å². The lowest BCUT2D eigenvalue weighted by atomic mass is 10.2. The monoisotopic (exact) mass is 427 g/mol. The maximum absolute atomic E-state index is 13.2. The Morgan fingerprint density at radius 1 is 1.03 bits per heavy atom. The van der Waals surface area contributed by atoms with Crippen LogP contribution in [0.5, 0.6) is 0 Å². The lowest BCUT2D eigenvalue weighted by molar-refractivity contribution is -0.116. The van der Waals surface area contributed by atoms with E-state index in [0.29, 0.717) is 22.4 Å². The number of carbonyl (C=O) groups excluding carboxylic acids is 1. The molecule has 5 aromatic rings. The highest BCUT2D eigenvalue weighted by molar-refractivity contribution is 5.93. The van der Waals surface area contributed by atoms with Crippen molar-refractivity contribution in [2.24, 2.45) is 0 Å². The van der Waals surface area contributed by atoms with Gasteiger partial charge in [-0.25, -0.2) is 14.4 Å². The highest BCUT2D eigenvalue weighted by atomic mass is 19.1. The van der Waals surface area contributed by atoms with E-state index >= 15 is 0 Å². The Morgan fingerprint density at radius 2 is 1.84 bits per heavy atom. The molecule has 0 aliphatic heterocycles. The number of anilines is 1. The SMILES string of the molecule is O=C(CCn1cnc2ccccc2c1=O)Nc1ccc2nc(-c3ccc(F)cc3)[nH]c2c1. The predicted molar refractivity (Wildman–Crippen MR) is 121 cm³/mol. The Bertz CT molecular complexity index is 1500. The molecule has 32 heavy (non-hydrogen) atoms. The van der Waals surface area contributed by atoms with E-state index in [-0.39, 0.29) is 30.2 Å². The molecule has 0 aliphatic rings. The summed E-state index contributed by atoms with van der Waals surface area (Å²) in [6, 6.07) is 18.5. The van der Waals surface area contributed by atoms with Crippen molar-refractivity contribution in [3.05, 3.63) is 89.2 Å². The smallest absolute Gasteiger partial charge is 0.261 e. The molecule has 0 spiro atoms. The third-order valence-corrected chi connectivity index (χ3v) is 5.19. The number of amides is 1. The largest absolute Gasteiger partial charge is 0.338 e. The van der Waals surface area contributed by atoms with Crippen LogP contribution in [0.2, 0.25) is 0 Å². The van der Waals surface area contributed by atoms with Gasteiger partial charge in [0.1, 0.15) is 11.6 Å². The Kier molecular flexibility index (Phi) is 4.95. The fraction of sp³-hybridized carbons (Fsp3) is 0.0833. The van der Waals surface area contributed by atoms with E-state index in [9.17, 15) is 14.0 Å². The van der Waals surface area contributed by atoms with Gasteiger partial charge in [-0.1, -0.05) is 12.1 Å². The third-order valence-electron chi connectivity index (χ3n) is 5.19. The minimum absolute atomic E-state index is 0.127. The number of para-hydroxylation sites is 1. The van der Waals surface area contributed by atoms with Crippen molar-refractivity contribution >= 4 is 33.5 Å². The molecule has 2 N–H and O–H groups in total. The second-order valence-electron chi connectivity index (χ2n) is 7.38. The zero-order valence-electron chi connectivity index (χ0n) is 16.9. The number of benzene rings is 3. The number of hydrogen-bond donors (Lipinski definition) is 2. The normalized spacial score (nSPS) is 11.2. The summed E-state index contributed by atoms with van der Waals surface area (Å²) >= 11 is 0. The zero-order valence-corrected chi connectivity index (χ0v) is 16.9. The average Bonchev–Trinajstić information content (AvgIpc) is 3.23. The maximum atomic E-state index is 13.2. The van der Waals surface area contributed by atoms with Gasteiger partial charge in [0.05, 0.1) is 28.3 Å². The Morgan fingerprint density at radius 3 is 2.69 bits per heavy atom. The van der Waals surface area contributed by atoms with E-state index in [4.69, 9.17) is 0 Å². The van der Waals surface area contributed by atoms with Crippen molar-refractivity contribution in [3.63, 3.8) is 0 Å². The third kappa shape index (κ3) is 3.85. The molecule has 8 heteroatoms. The molecule has 0 bridgehead atoms. The van der Waals surface area contributed by atoms with E-state index < -0.39 is 0 Å². The number of imidazole rings is 1. The minimum atomic E-state index is -0.309. The van der Waals surface area contributed by atoms with E-state index in [0.717, 1.165) is 16.6 Å². The van der Waals surface area contributed by atoms with Gasteiger partial charge in [0, 0.05) is 24.2 Å². The number of aryl methyl sites for hydroxylation is 1. The molecular weight excluding hydrogens is 409 g/mol. The molecule has 0 radical (unpaired) electrons. The molecule has 0 atom stereocenters. The van der Waals surface area contributed by atoms with Crippen LogP contribution in [0.4, 0.5) is 10.1 Å². The van der Waals surface area contributed by atoms with Crippen LogP contribution in [-0.4, -0.2) is 25.4 Å². The quantitative estimate of drug-likeness (QED) is 0.442. The summed E-state index contributed by atoms with van der Waals surface area (Å²) in [5.74, 6) is 0.0888. The van der Waals surface area contributed by atoms with E-state index in [1.807, 2.05) is 6.07 Å². The summed E-state index contributed by atoms with van der Waals surface area (Å²) < 4.78 is 14.6. The second kappa shape index (κ2) is 8.07. The summed E-state index contributed by atoms with van der Waals surface area (Å²) in [5, 5.41) is 3.37. The van der Waals surface area contributed by atoms with Gasteiger partial charge < -0.3 is 10.3 Å². The molecule has 0 saturated carbocycles. The predicted octanol–water partition coefficient (Wildman–Crippen LogP) is 4.11. The first-order valence-electron chi connectivity index (χ1n) is 10.1. The summed E-state index contributed by atoms with van der Waals surface area (Å²) in [4.78, 5) is 37.0. The van der Waals surface area contributed by atoms with Crippen molar-refractivity contribution in [2.75, 3.05) is 5.32 Å².